The number of carbonyl (C=O) groups is 2. The molecule has 29 heavy (non-hydrogen) atoms. The lowest BCUT2D eigenvalue weighted by molar-refractivity contribution is -0.125. The highest BCUT2D eigenvalue weighted by molar-refractivity contribution is 7.09. The number of nitrogens with two attached hydrogens (primary N) is 1. The average molecular weight is 416 g/mol. The maximum absolute atomic E-state index is 13.3. The van der Waals surface area contributed by atoms with E-state index in [4.69, 9.17) is 15.2 Å². The molecule has 0 saturated carbocycles. The third kappa shape index (κ3) is 4.71. The number of nitrogens with zero attached hydrogens (tertiary/aromatic N) is 2. The average Bonchev–Trinajstić information content (AvgIpc) is 3.25. The van der Waals surface area contributed by atoms with E-state index in [-0.39, 0.29) is 24.3 Å². The Hall–Kier alpha value is -2.58. The quantitative estimate of drug-likeness (QED) is 0.782. The summed E-state index contributed by atoms with van der Waals surface area (Å²) in [6, 6.07) is 9.61. The van der Waals surface area contributed by atoms with Gasteiger partial charge in [0.15, 0.2) is 11.5 Å². The maximum Gasteiger partial charge on any atom is 0.241 e. The van der Waals surface area contributed by atoms with Crippen LogP contribution in [0.5, 0.6) is 11.5 Å². The normalized spacial score (nSPS) is 19.0. The van der Waals surface area contributed by atoms with Gasteiger partial charge in [-0.3, -0.25) is 14.5 Å². The fourth-order valence-corrected chi connectivity index (χ4v) is 4.48. The fraction of sp³-hybridized carbons (Fsp3) is 0.429. The summed E-state index contributed by atoms with van der Waals surface area (Å²) in [5.74, 6) is 0.870. The van der Waals surface area contributed by atoms with Crippen LogP contribution in [-0.4, -0.2) is 49.6 Å². The van der Waals surface area contributed by atoms with Crippen molar-refractivity contribution < 1.29 is 19.1 Å². The molecule has 0 radical (unpaired) electrons. The van der Waals surface area contributed by atoms with Gasteiger partial charge < -0.3 is 20.1 Å². The number of ether oxygens (including phenoxy) is 2. The van der Waals surface area contributed by atoms with E-state index < -0.39 is 0 Å². The van der Waals surface area contributed by atoms with Crippen LogP contribution in [0.3, 0.4) is 0 Å². The highest BCUT2D eigenvalue weighted by Gasteiger charge is 2.27. The monoisotopic (exact) mass is 415 g/mol. The van der Waals surface area contributed by atoms with Crippen LogP contribution in [0.2, 0.25) is 0 Å². The summed E-state index contributed by atoms with van der Waals surface area (Å²) in [7, 11) is 0. The number of hydrogen-bond donors (Lipinski definition) is 1. The van der Waals surface area contributed by atoms with Crippen molar-refractivity contribution in [2.75, 3.05) is 37.7 Å². The summed E-state index contributed by atoms with van der Waals surface area (Å²) in [5.41, 5.74) is 6.26. The first-order chi connectivity index (χ1) is 14.1. The molecule has 1 fully saturated rings. The highest BCUT2D eigenvalue weighted by atomic mass is 32.1. The second-order valence-electron chi connectivity index (χ2n) is 7.36. The molecular weight excluding hydrogens is 390 g/mol. The molecule has 2 aromatic rings. The van der Waals surface area contributed by atoms with E-state index in [0.717, 1.165) is 30.0 Å². The molecule has 4 rings (SSSR count). The molecule has 2 amide bonds. The Labute approximate surface area is 174 Å². The number of hydrogen-bond acceptors (Lipinski definition) is 6. The van der Waals surface area contributed by atoms with Crippen LogP contribution < -0.4 is 20.1 Å². The van der Waals surface area contributed by atoms with E-state index in [1.54, 1.807) is 16.2 Å². The second-order valence-corrected chi connectivity index (χ2v) is 8.40. The molecule has 2 N–H and O–H groups in total. The van der Waals surface area contributed by atoms with Crippen molar-refractivity contribution in [3.8, 4) is 11.5 Å². The summed E-state index contributed by atoms with van der Waals surface area (Å²) >= 11 is 1.62. The third-order valence-electron chi connectivity index (χ3n) is 5.30. The molecule has 0 bridgehead atoms. The van der Waals surface area contributed by atoms with Crippen LogP contribution in [0.25, 0.3) is 0 Å². The number of likely N-dealkylation sites (tertiary alicyclic amines) is 1. The largest absolute Gasteiger partial charge is 0.486 e. The van der Waals surface area contributed by atoms with Crippen molar-refractivity contribution in [1.82, 2.24) is 4.90 Å². The second kappa shape index (κ2) is 8.84. The SMILES string of the molecule is NC(=O)C1CCCN(CC(=O)N(Cc2cccs2)c2ccc3c(c2)OCCO3)C1. The number of anilines is 1. The Balaban J connectivity index is 1.54. The summed E-state index contributed by atoms with van der Waals surface area (Å²) in [6.07, 6.45) is 1.66. The number of fused-ring (bicyclic) bond motifs is 1. The minimum atomic E-state index is -0.288. The lowest BCUT2D eigenvalue weighted by atomic mass is 9.97. The van der Waals surface area contributed by atoms with Crippen molar-refractivity contribution in [3.63, 3.8) is 0 Å². The van der Waals surface area contributed by atoms with Gasteiger partial charge in [-0.1, -0.05) is 6.07 Å². The van der Waals surface area contributed by atoms with Crippen LogP contribution in [0.4, 0.5) is 5.69 Å². The molecule has 1 aromatic carbocycles. The number of benzene rings is 1. The third-order valence-corrected chi connectivity index (χ3v) is 6.16. The van der Waals surface area contributed by atoms with E-state index >= 15 is 0 Å². The van der Waals surface area contributed by atoms with E-state index in [1.807, 2.05) is 40.6 Å². The first-order valence-electron chi connectivity index (χ1n) is 9.84. The number of carbonyl (C=O) groups excluding carboxylic acids is 2. The van der Waals surface area contributed by atoms with E-state index in [9.17, 15) is 9.59 Å². The first kappa shape index (κ1) is 19.7. The Kier molecular flexibility index (Phi) is 6.01. The molecule has 1 saturated heterocycles. The van der Waals surface area contributed by atoms with Crippen molar-refractivity contribution >= 4 is 28.8 Å². The Morgan fingerprint density at radius 2 is 2.03 bits per heavy atom. The smallest absolute Gasteiger partial charge is 0.241 e. The van der Waals surface area contributed by atoms with E-state index in [0.29, 0.717) is 37.8 Å². The van der Waals surface area contributed by atoms with Gasteiger partial charge in [-0.05, 0) is 43.0 Å². The van der Waals surface area contributed by atoms with Gasteiger partial charge in [0.2, 0.25) is 11.8 Å². The first-order valence-corrected chi connectivity index (χ1v) is 10.7. The van der Waals surface area contributed by atoms with Gasteiger partial charge in [0.1, 0.15) is 13.2 Å². The van der Waals surface area contributed by atoms with E-state index in [2.05, 4.69) is 0 Å². The lowest BCUT2D eigenvalue weighted by Gasteiger charge is -2.32. The van der Waals surface area contributed by atoms with Crippen LogP contribution in [0.15, 0.2) is 35.7 Å². The Morgan fingerprint density at radius 3 is 2.79 bits per heavy atom. The zero-order valence-electron chi connectivity index (χ0n) is 16.2. The van der Waals surface area contributed by atoms with Crippen molar-refractivity contribution in [3.05, 3.63) is 40.6 Å². The molecule has 1 atom stereocenters. The summed E-state index contributed by atoms with van der Waals surface area (Å²) in [6.45, 7) is 3.10. The van der Waals surface area contributed by atoms with Gasteiger partial charge in [0.25, 0.3) is 0 Å². The van der Waals surface area contributed by atoms with Crippen molar-refractivity contribution in [2.24, 2.45) is 11.7 Å². The van der Waals surface area contributed by atoms with Crippen LogP contribution in [-0.2, 0) is 16.1 Å². The van der Waals surface area contributed by atoms with Crippen LogP contribution >= 0.6 is 11.3 Å². The van der Waals surface area contributed by atoms with E-state index in [1.165, 1.54) is 0 Å². The molecule has 7 nitrogen and oxygen atoms in total. The minimum Gasteiger partial charge on any atom is -0.486 e. The molecule has 0 spiro atoms. The molecule has 154 valence electrons. The molecule has 1 aromatic heterocycles. The van der Waals surface area contributed by atoms with Gasteiger partial charge in [0.05, 0.1) is 19.0 Å². The van der Waals surface area contributed by atoms with Crippen LogP contribution in [0, 0.1) is 5.92 Å². The summed E-state index contributed by atoms with van der Waals surface area (Å²) in [4.78, 5) is 29.8. The highest BCUT2D eigenvalue weighted by Crippen LogP contribution is 2.35. The number of primary amides is 1. The predicted molar refractivity (Wildman–Crippen MR) is 111 cm³/mol. The molecule has 1 unspecified atom stereocenters. The lowest BCUT2D eigenvalue weighted by Crippen LogP contribution is -2.46. The van der Waals surface area contributed by atoms with Gasteiger partial charge in [-0.2, -0.15) is 0 Å². The number of rotatable bonds is 6. The topological polar surface area (TPSA) is 85.1 Å². The number of thiophene rings is 1. The predicted octanol–water partition coefficient (Wildman–Crippen LogP) is 2.25. The van der Waals surface area contributed by atoms with Gasteiger partial charge in [0, 0.05) is 23.2 Å². The Morgan fingerprint density at radius 1 is 1.21 bits per heavy atom. The maximum atomic E-state index is 13.3. The molecule has 2 aliphatic heterocycles. The van der Waals surface area contributed by atoms with Crippen molar-refractivity contribution in [1.29, 1.82) is 0 Å². The molecule has 3 heterocycles. The fourth-order valence-electron chi connectivity index (χ4n) is 3.79. The Bertz CT molecular complexity index is 871. The van der Waals surface area contributed by atoms with Gasteiger partial charge in [-0.25, -0.2) is 0 Å². The van der Waals surface area contributed by atoms with Gasteiger partial charge >= 0.3 is 0 Å². The summed E-state index contributed by atoms with van der Waals surface area (Å²) < 4.78 is 11.3. The molecule has 8 heteroatoms. The summed E-state index contributed by atoms with van der Waals surface area (Å²) in [5, 5.41) is 2.00. The number of piperidine rings is 1. The minimum absolute atomic E-state index is 0.0137. The number of amides is 2. The zero-order chi connectivity index (χ0) is 20.2. The standard InChI is InChI=1S/C21H25N3O4S/c22-21(26)15-3-1-7-23(12-15)14-20(25)24(13-17-4-2-10-29-17)16-5-6-18-19(11-16)28-9-8-27-18/h2,4-6,10-11,15H,1,3,7-9,12-14H2,(H2,22,26). The molecular formula is C21H25N3O4S. The van der Waals surface area contributed by atoms with Crippen molar-refractivity contribution in [2.45, 2.75) is 19.4 Å². The molecule has 0 aliphatic carbocycles. The molecule has 2 aliphatic rings. The van der Waals surface area contributed by atoms with Crippen LogP contribution in [0.1, 0.15) is 17.7 Å². The zero-order valence-corrected chi connectivity index (χ0v) is 17.0. The van der Waals surface area contributed by atoms with Gasteiger partial charge in [-0.15, -0.1) is 11.3 Å².